The van der Waals surface area contributed by atoms with E-state index in [9.17, 15) is 26.7 Å². The molecule has 0 unspecified atom stereocenters. The molecular formula is C10H6F5N5O. The molecule has 21 heavy (non-hydrogen) atoms. The van der Waals surface area contributed by atoms with Gasteiger partial charge in [-0.1, -0.05) is 0 Å². The molecule has 2 heterocycles. The Morgan fingerprint density at radius 2 is 1.90 bits per heavy atom. The lowest BCUT2D eigenvalue weighted by atomic mass is 10.3. The number of nitrogens with one attached hydrogen (secondary N) is 1. The maximum absolute atomic E-state index is 12.7. The molecule has 0 aliphatic heterocycles. The van der Waals surface area contributed by atoms with Gasteiger partial charge in [0, 0.05) is 0 Å². The first-order valence-electron chi connectivity index (χ1n) is 5.29. The zero-order valence-corrected chi connectivity index (χ0v) is 9.97. The Kier molecular flexibility index (Phi) is 3.58. The predicted octanol–water partition coefficient (Wildman–Crippen LogP) is 1.80. The van der Waals surface area contributed by atoms with Gasteiger partial charge >= 0.3 is 18.0 Å². The zero-order chi connectivity index (χ0) is 15.7. The van der Waals surface area contributed by atoms with E-state index in [2.05, 4.69) is 15.1 Å². The van der Waals surface area contributed by atoms with Gasteiger partial charge in [0.1, 0.15) is 12.7 Å². The van der Waals surface area contributed by atoms with Crippen LogP contribution in [-0.4, -0.2) is 37.8 Å². The van der Waals surface area contributed by atoms with Crippen molar-refractivity contribution in [3.8, 4) is 5.82 Å². The largest absolute Gasteiger partial charge is 0.463 e. The van der Waals surface area contributed by atoms with Crippen LogP contribution < -0.4 is 5.32 Å². The molecule has 0 fully saturated rings. The van der Waals surface area contributed by atoms with Crippen molar-refractivity contribution in [1.29, 1.82) is 0 Å². The molecule has 0 atom stereocenters. The fourth-order valence-corrected chi connectivity index (χ4v) is 1.26. The molecule has 6 nitrogen and oxygen atoms in total. The van der Waals surface area contributed by atoms with Crippen LogP contribution in [0.15, 0.2) is 31.0 Å². The van der Waals surface area contributed by atoms with Crippen molar-refractivity contribution in [2.45, 2.75) is 12.1 Å². The van der Waals surface area contributed by atoms with Crippen LogP contribution in [-0.2, 0) is 4.79 Å². The Bertz CT molecular complexity index is 622. The van der Waals surface area contributed by atoms with Crippen LogP contribution in [0.1, 0.15) is 0 Å². The number of alkyl halides is 5. The number of rotatable bonds is 3. The molecule has 2 rings (SSSR count). The highest BCUT2D eigenvalue weighted by Gasteiger charge is 2.63. The summed E-state index contributed by atoms with van der Waals surface area (Å²) < 4.78 is 62.7. The molecule has 2 aromatic heterocycles. The topological polar surface area (TPSA) is 72.7 Å². The minimum atomic E-state index is -5.97. The van der Waals surface area contributed by atoms with E-state index >= 15 is 0 Å². The minimum Gasteiger partial charge on any atom is -0.319 e. The molecule has 1 N–H and O–H groups in total. The molecule has 0 aliphatic carbocycles. The van der Waals surface area contributed by atoms with E-state index in [0.717, 1.165) is 12.3 Å². The Labute approximate surface area is 113 Å². The second-order valence-corrected chi connectivity index (χ2v) is 3.77. The maximum atomic E-state index is 12.7. The molecule has 0 saturated heterocycles. The maximum Gasteiger partial charge on any atom is 0.463 e. The highest BCUT2D eigenvalue weighted by atomic mass is 19.4. The Morgan fingerprint density at radius 3 is 2.38 bits per heavy atom. The molecule has 0 aromatic carbocycles. The van der Waals surface area contributed by atoms with Gasteiger partial charge in [0.15, 0.2) is 5.82 Å². The molecule has 112 valence electrons. The number of anilines is 1. The number of pyridine rings is 1. The second-order valence-electron chi connectivity index (χ2n) is 3.77. The smallest absolute Gasteiger partial charge is 0.319 e. The lowest BCUT2D eigenvalue weighted by Gasteiger charge is -2.18. The fourth-order valence-electron chi connectivity index (χ4n) is 1.26. The van der Waals surface area contributed by atoms with Crippen LogP contribution >= 0.6 is 0 Å². The van der Waals surface area contributed by atoms with E-state index in [-0.39, 0.29) is 11.5 Å². The summed E-state index contributed by atoms with van der Waals surface area (Å²) in [6, 6.07) is 2.37. The molecule has 0 spiro atoms. The lowest BCUT2D eigenvalue weighted by Crippen LogP contribution is -2.47. The van der Waals surface area contributed by atoms with Crippen LogP contribution in [0, 0.1) is 0 Å². The molecular weight excluding hydrogens is 301 g/mol. The van der Waals surface area contributed by atoms with Crippen LogP contribution in [0.3, 0.4) is 0 Å². The van der Waals surface area contributed by atoms with E-state index < -0.39 is 18.0 Å². The summed E-state index contributed by atoms with van der Waals surface area (Å²) in [5.41, 5.74) is -0.312. The summed E-state index contributed by atoms with van der Waals surface area (Å²) in [6.45, 7) is 0. The third kappa shape index (κ3) is 2.95. The van der Waals surface area contributed by atoms with Gasteiger partial charge in [0.25, 0.3) is 0 Å². The van der Waals surface area contributed by atoms with Crippen LogP contribution in [0.25, 0.3) is 5.82 Å². The highest BCUT2D eigenvalue weighted by molar-refractivity contribution is 5.96. The lowest BCUT2D eigenvalue weighted by molar-refractivity contribution is -0.267. The standard InChI is InChI=1S/C10H6F5N5O/c11-9(12,10(13,14)15)8(21)19-6-1-2-7(17-3-6)20-5-16-4-18-20/h1-5H,(H,19,21). The van der Waals surface area contributed by atoms with Crippen molar-refractivity contribution >= 4 is 11.6 Å². The summed E-state index contributed by atoms with van der Waals surface area (Å²) in [5.74, 6) is -7.73. The molecule has 1 amide bonds. The van der Waals surface area contributed by atoms with Crippen molar-refractivity contribution in [3.63, 3.8) is 0 Å². The first kappa shape index (κ1) is 14.8. The second kappa shape index (κ2) is 5.07. The molecule has 11 heteroatoms. The van der Waals surface area contributed by atoms with Gasteiger partial charge in [0.2, 0.25) is 0 Å². The zero-order valence-electron chi connectivity index (χ0n) is 9.97. The molecule has 0 radical (unpaired) electrons. The molecule has 0 aliphatic rings. The third-order valence-corrected chi connectivity index (χ3v) is 2.30. The number of amides is 1. The van der Waals surface area contributed by atoms with Crippen molar-refractivity contribution in [2.24, 2.45) is 0 Å². The number of carbonyl (C=O) groups excluding carboxylic acids is 1. The Morgan fingerprint density at radius 1 is 1.19 bits per heavy atom. The van der Waals surface area contributed by atoms with Crippen LogP contribution in [0.4, 0.5) is 27.6 Å². The van der Waals surface area contributed by atoms with Crippen molar-refractivity contribution in [1.82, 2.24) is 19.7 Å². The molecule has 0 bridgehead atoms. The SMILES string of the molecule is O=C(Nc1ccc(-n2cncn2)nc1)C(F)(F)C(F)(F)F. The first-order chi connectivity index (χ1) is 9.72. The predicted molar refractivity (Wildman–Crippen MR) is 58.8 cm³/mol. The average Bonchev–Trinajstić information content (AvgIpc) is 2.92. The van der Waals surface area contributed by atoms with Gasteiger partial charge in [-0.05, 0) is 12.1 Å². The average molecular weight is 307 g/mol. The van der Waals surface area contributed by atoms with Gasteiger partial charge in [-0.2, -0.15) is 27.1 Å². The number of hydrogen-bond donors (Lipinski definition) is 1. The van der Waals surface area contributed by atoms with Gasteiger partial charge in [-0.25, -0.2) is 14.6 Å². The Balaban J connectivity index is 2.12. The van der Waals surface area contributed by atoms with Gasteiger partial charge in [-0.3, -0.25) is 4.79 Å². The first-order valence-corrected chi connectivity index (χ1v) is 5.29. The number of aromatic nitrogens is 4. The van der Waals surface area contributed by atoms with Crippen molar-refractivity contribution in [2.75, 3.05) is 5.32 Å². The minimum absolute atomic E-state index is 0.244. The number of hydrogen-bond acceptors (Lipinski definition) is 4. The number of nitrogens with zero attached hydrogens (tertiary/aromatic N) is 4. The summed E-state index contributed by atoms with van der Waals surface area (Å²) in [4.78, 5) is 18.3. The summed E-state index contributed by atoms with van der Waals surface area (Å²) in [5, 5.41) is 5.18. The van der Waals surface area contributed by atoms with Gasteiger partial charge < -0.3 is 5.32 Å². The van der Waals surface area contributed by atoms with E-state index in [0.29, 0.717) is 0 Å². The quantitative estimate of drug-likeness (QED) is 0.878. The number of halogens is 5. The van der Waals surface area contributed by atoms with E-state index in [1.807, 2.05) is 0 Å². The normalized spacial score (nSPS) is 12.2. The highest BCUT2D eigenvalue weighted by Crippen LogP contribution is 2.36. The van der Waals surface area contributed by atoms with E-state index in [4.69, 9.17) is 0 Å². The van der Waals surface area contributed by atoms with Gasteiger partial charge in [0.05, 0.1) is 11.9 Å². The van der Waals surface area contributed by atoms with E-state index in [1.165, 1.54) is 28.7 Å². The van der Waals surface area contributed by atoms with E-state index in [1.54, 1.807) is 0 Å². The van der Waals surface area contributed by atoms with Crippen molar-refractivity contribution < 1.29 is 26.7 Å². The monoisotopic (exact) mass is 307 g/mol. The Hall–Kier alpha value is -2.59. The van der Waals surface area contributed by atoms with Gasteiger partial charge in [-0.15, -0.1) is 0 Å². The summed E-state index contributed by atoms with van der Waals surface area (Å²) in [6.07, 6.45) is -2.52. The third-order valence-electron chi connectivity index (χ3n) is 2.30. The summed E-state index contributed by atoms with van der Waals surface area (Å²) in [7, 11) is 0. The van der Waals surface area contributed by atoms with Crippen LogP contribution in [0.5, 0.6) is 0 Å². The fraction of sp³-hybridized carbons (Fsp3) is 0.200. The van der Waals surface area contributed by atoms with Crippen LogP contribution in [0.2, 0.25) is 0 Å². The molecule has 2 aromatic rings. The number of carbonyl (C=O) groups is 1. The molecule has 0 saturated carbocycles. The summed E-state index contributed by atoms with van der Waals surface area (Å²) >= 11 is 0. The van der Waals surface area contributed by atoms with Crippen molar-refractivity contribution in [3.05, 3.63) is 31.0 Å².